The van der Waals surface area contributed by atoms with E-state index in [1.165, 1.54) is 23.3 Å². The largest absolute Gasteiger partial charge is 0.207 e. The van der Waals surface area contributed by atoms with Crippen LogP contribution in [0.25, 0.3) is 6.08 Å². The molecule has 0 spiro atoms. The Balaban J connectivity index is 2.35. The fourth-order valence-electron chi connectivity index (χ4n) is 2.64. The molecule has 2 aromatic carbocycles. The molecule has 0 aromatic heterocycles. The summed E-state index contributed by atoms with van der Waals surface area (Å²) in [6.45, 7) is 4.33. The van der Waals surface area contributed by atoms with Crippen LogP contribution in [0.1, 0.15) is 43.7 Å². The molecule has 22 heavy (non-hydrogen) atoms. The van der Waals surface area contributed by atoms with E-state index in [1.54, 1.807) is 0 Å². The molecule has 0 saturated heterocycles. The topological polar surface area (TPSA) is 0 Å². The van der Waals surface area contributed by atoms with Gasteiger partial charge in [0, 0.05) is 5.92 Å². The zero-order valence-corrected chi connectivity index (χ0v) is 13.3. The molecule has 2 rings (SSSR count). The lowest BCUT2D eigenvalue weighted by Crippen LogP contribution is -2.00. The first-order valence-corrected chi connectivity index (χ1v) is 7.92. The smallest absolute Gasteiger partial charge is 0.123 e. The number of hydrogen-bond donors (Lipinski definition) is 0. The van der Waals surface area contributed by atoms with E-state index in [2.05, 4.69) is 44.2 Å². The SMILES string of the molecule is CC/C=C(\CC)C(/C=C/c1ccccc1)c1ccc(F)cc1. The van der Waals surface area contributed by atoms with Crippen molar-refractivity contribution in [2.24, 2.45) is 0 Å². The molecule has 0 nitrogen and oxygen atoms in total. The molecule has 0 N–H and O–H groups in total. The Morgan fingerprint density at radius 1 is 1.00 bits per heavy atom. The molecule has 114 valence electrons. The van der Waals surface area contributed by atoms with Crippen LogP contribution in [0.15, 0.2) is 72.3 Å². The van der Waals surface area contributed by atoms with Gasteiger partial charge in [0.1, 0.15) is 5.82 Å². The van der Waals surface area contributed by atoms with Crippen LogP contribution in [-0.2, 0) is 0 Å². The second-order valence-corrected chi connectivity index (χ2v) is 5.34. The molecular formula is C21H23F. The van der Waals surface area contributed by atoms with Crippen molar-refractivity contribution in [3.8, 4) is 0 Å². The Hall–Kier alpha value is -2.15. The molecule has 0 bridgehead atoms. The van der Waals surface area contributed by atoms with Crippen LogP contribution >= 0.6 is 0 Å². The van der Waals surface area contributed by atoms with Crippen molar-refractivity contribution in [1.82, 2.24) is 0 Å². The van der Waals surface area contributed by atoms with Gasteiger partial charge in [0.05, 0.1) is 0 Å². The van der Waals surface area contributed by atoms with Gasteiger partial charge >= 0.3 is 0 Å². The minimum Gasteiger partial charge on any atom is -0.207 e. The molecule has 0 aliphatic heterocycles. The highest BCUT2D eigenvalue weighted by Gasteiger charge is 2.12. The number of rotatable bonds is 6. The number of allylic oxidation sites excluding steroid dienone is 3. The summed E-state index contributed by atoms with van der Waals surface area (Å²) in [5, 5.41) is 0. The van der Waals surface area contributed by atoms with Crippen LogP contribution in [0, 0.1) is 5.82 Å². The Labute approximate surface area is 133 Å². The van der Waals surface area contributed by atoms with Crippen LogP contribution in [-0.4, -0.2) is 0 Å². The summed E-state index contributed by atoms with van der Waals surface area (Å²) >= 11 is 0. The number of hydrogen-bond acceptors (Lipinski definition) is 0. The van der Waals surface area contributed by atoms with Gasteiger partial charge in [-0.15, -0.1) is 0 Å². The third-order valence-corrected chi connectivity index (χ3v) is 3.78. The van der Waals surface area contributed by atoms with Gasteiger partial charge in [-0.25, -0.2) is 4.39 Å². The highest BCUT2D eigenvalue weighted by molar-refractivity contribution is 5.52. The molecule has 0 aliphatic carbocycles. The standard InChI is InChI=1S/C21H23F/c1-3-8-18(4-2)21(19-12-14-20(22)15-13-19)16-11-17-9-6-5-7-10-17/h5-16,21H,3-4H2,1-2H3/b16-11+,18-8+. The molecule has 1 atom stereocenters. The Bertz CT molecular complexity index is 621. The summed E-state index contributed by atoms with van der Waals surface area (Å²) in [6.07, 6.45) is 8.65. The van der Waals surface area contributed by atoms with Crippen molar-refractivity contribution < 1.29 is 4.39 Å². The molecule has 0 radical (unpaired) electrons. The van der Waals surface area contributed by atoms with Crippen LogP contribution in [0.3, 0.4) is 0 Å². The van der Waals surface area contributed by atoms with Gasteiger partial charge in [0.15, 0.2) is 0 Å². The number of benzene rings is 2. The van der Waals surface area contributed by atoms with Crippen molar-refractivity contribution in [2.45, 2.75) is 32.6 Å². The average molecular weight is 294 g/mol. The van der Waals surface area contributed by atoms with E-state index in [-0.39, 0.29) is 11.7 Å². The minimum atomic E-state index is -0.188. The molecule has 1 unspecified atom stereocenters. The van der Waals surface area contributed by atoms with Crippen LogP contribution in [0.5, 0.6) is 0 Å². The zero-order chi connectivity index (χ0) is 15.8. The fourth-order valence-corrected chi connectivity index (χ4v) is 2.64. The molecule has 1 heteroatoms. The Morgan fingerprint density at radius 2 is 1.68 bits per heavy atom. The summed E-state index contributed by atoms with van der Waals surface area (Å²) in [5.74, 6) is 0.0119. The van der Waals surface area contributed by atoms with Crippen molar-refractivity contribution in [3.05, 3.63) is 89.3 Å². The molecule has 0 aliphatic rings. The summed E-state index contributed by atoms with van der Waals surface area (Å²) in [6, 6.07) is 17.1. The average Bonchev–Trinajstić information content (AvgIpc) is 2.56. The maximum atomic E-state index is 13.2. The van der Waals surface area contributed by atoms with Gasteiger partial charge in [-0.1, -0.05) is 80.1 Å². The van der Waals surface area contributed by atoms with E-state index in [9.17, 15) is 4.39 Å². The van der Waals surface area contributed by atoms with Crippen molar-refractivity contribution in [2.75, 3.05) is 0 Å². The first kappa shape index (κ1) is 16.2. The molecule has 0 amide bonds. The van der Waals surface area contributed by atoms with Crippen LogP contribution in [0.4, 0.5) is 4.39 Å². The van der Waals surface area contributed by atoms with Crippen molar-refractivity contribution >= 4 is 6.08 Å². The van der Waals surface area contributed by atoms with E-state index >= 15 is 0 Å². The molecule has 0 saturated carbocycles. The maximum Gasteiger partial charge on any atom is 0.123 e. The monoisotopic (exact) mass is 294 g/mol. The van der Waals surface area contributed by atoms with Crippen molar-refractivity contribution in [3.63, 3.8) is 0 Å². The lowest BCUT2D eigenvalue weighted by Gasteiger charge is -2.17. The first-order chi connectivity index (χ1) is 10.7. The summed E-state index contributed by atoms with van der Waals surface area (Å²) in [7, 11) is 0. The lowest BCUT2D eigenvalue weighted by atomic mass is 9.88. The van der Waals surface area contributed by atoms with Gasteiger partial charge in [-0.05, 0) is 36.1 Å². The highest BCUT2D eigenvalue weighted by Crippen LogP contribution is 2.29. The minimum absolute atomic E-state index is 0.188. The Morgan fingerprint density at radius 3 is 2.27 bits per heavy atom. The van der Waals surface area contributed by atoms with E-state index in [4.69, 9.17) is 0 Å². The summed E-state index contributed by atoms with van der Waals surface area (Å²) in [5.41, 5.74) is 3.69. The van der Waals surface area contributed by atoms with Crippen LogP contribution < -0.4 is 0 Å². The lowest BCUT2D eigenvalue weighted by molar-refractivity contribution is 0.626. The first-order valence-electron chi connectivity index (χ1n) is 7.92. The number of halogens is 1. The van der Waals surface area contributed by atoms with Gasteiger partial charge in [-0.2, -0.15) is 0 Å². The van der Waals surface area contributed by atoms with Crippen molar-refractivity contribution in [1.29, 1.82) is 0 Å². The van der Waals surface area contributed by atoms with Gasteiger partial charge in [-0.3, -0.25) is 0 Å². The van der Waals surface area contributed by atoms with E-state index in [0.717, 1.165) is 18.4 Å². The molecule has 0 heterocycles. The van der Waals surface area contributed by atoms with Gasteiger partial charge < -0.3 is 0 Å². The molecule has 2 aromatic rings. The summed E-state index contributed by atoms with van der Waals surface area (Å²) in [4.78, 5) is 0. The zero-order valence-electron chi connectivity index (χ0n) is 13.3. The summed E-state index contributed by atoms with van der Waals surface area (Å²) < 4.78 is 13.2. The van der Waals surface area contributed by atoms with Gasteiger partial charge in [0.2, 0.25) is 0 Å². The fraction of sp³-hybridized carbons (Fsp3) is 0.238. The third kappa shape index (κ3) is 4.42. The Kier molecular flexibility index (Phi) is 6.14. The van der Waals surface area contributed by atoms with E-state index < -0.39 is 0 Å². The second kappa shape index (κ2) is 8.33. The normalized spacial score (nSPS) is 13.5. The predicted molar refractivity (Wildman–Crippen MR) is 93.3 cm³/mol. The molecular weight excluding hydrogens is 271 g/mol. The highest BCUT2D eigenvalue weighted by atomic mass is 19.1. The van der Waals surface area contributed by atoms with Crippen LogP contribution in [0.2, 0.25) is 0 Å². The molecule has 0 fully saturated rings. The maximum absolute atomic E-state index is 13.2. The third-order valence-electron chi connectivity index (χ3n) is 3.78. The van der Waals surface area contributed by atoms with E-state index in [1.807, 2.05) is 30.3 Å². The van der Waals surface area contributed by atoms with E-state index in [0.29, 0.717) is 0 Å². The quantitative estimate of drug-likeness (QED) is 0.543. The second-order valence-electron chi connectivity index (χ2n) is 5.34. The predicted octanol–water partition coefficient (Wildman–Crippen LogP) is 6.37. The van der Waals surface area contributed by atoms with Gasteiger partial charge in [0.25, 0.3) is 0 Å².